The van der Waals surface area contributed by atoms with Crippen LogP contribution in [0.15, 0.2) is 0 Å². The molecule has 0 radical (unpaired) electrons. The molecule has 1 unspecified atom stereocenters. The van der Waals surface area contributed by atoms with Crippen LogP contribution in [0.4, 0.5) is 0 Å². The van der Waals surface area contributed by atoms with Crippen molar-refractivity contribution in [2.75, 3.05) is 11.5 Å². The third kappa shape index (κ3) is 3.15. The summed E-state index contributed by atoms with van der Waals surface area (Å²) < 4.78 is 0. The second kappa shape index (κ2) is 5.76. The SMILES string of the molecule is O=C(O)[C@H]1CCCC[C@H]1C(=O)NC1CCSC1. The summed E-state index contributed by atoms with van der Waals surface area (Å²) >= 11 is 1.85. The van der Waals surface area contributed by atoms with Gasteiger partial charge in [0.15, 0.2) is 0 Å². The molecule has 2 fully saturated rings. The zero-order chi connectivity index (χ0) is 12.3. The largest absolute Gasteiger partial charge is 0.481 e. The first-order valence-corrected chi connectivity index (χ1v) is 7.45. The maximum Gasteiger partial charge on any atom is 0.307 e. The lowest BCUT2D eigenvalue weighted by Crippen LogP contribution is -2.44. The Morgan fingerprint density at radius 3 is 2.41 bits per heavy atom. The molecular formula is C12H19NO3S. The van der Waals surface area contributed by atoms with E-state index in [1.807, 2.05) is 11.8 Å². The minimum Gasteiger partial charge on any atom is -0.481 e. The lowest BCUT2D eigenvalue weighted by atomic mass is 9.78. The number of aliphatic carboxylic acids is 1. The number of carbonyl (C=O) groups excluding carboxylic acids is 1. The number of carboxylic acid groups (broad SMARTS) is 1. The van der Waals surface area contributed by atoms with Gasteiger partial charge in [0.25, 0.3) is 0 Å². The number of carboxylic acids is 1. The predicted molar refractivity (Wildman–Crippen MR) is 67.0 cm³/mol. The number of carbonyl (C=O) groups is 2. The van der Waals surface area contributed by atoms with Crippen molar-refractivity contribution in [2.45, 2.75) is 38.1 Å². The van der Waals surface area contributed by atoms with Gasteiger partial charge in [-0.2, -0.15) is 11.8 Å². The van der Waals surface area contributed by atoms with Crippen molar-refractivity contribution in [2.24, 2.45) is 11.8 Å². The average Bonchev–Trinajstić information content (AvgIpc) is 2.81. The van der Waals surface area contributed by atoms with E-state index in [1.54, 1.807) is 0 Å². The molecule has 17 heavy (non-hydrogen) atoms. The molecule has 3 atom stereocenters. The van der Waals surface area contributed by atoms with Gasteiger partial charge in [-0.15, -0.1) is 0 Å². The van der Waals surface area contributed by atoms with Gasteiger partial charge in [-0.05, 0) is 25.0 Å². The molecular weight excluding hydrogens is 238 g/mol. The second-order valence-corrected chi connectivity index (χ2v) is 6.05. The van der Waals surface area contributed by atoms with Crippen molar-refractivity contribution in [1.82, 2.24) is 5.32 Å². The first-order chi connectivity index (χ1) is 8.18. The number of hydrogen-bond donors (Lipinski definition) is 2. The molecule has 5 heteroatoms. The fourth-order valence-electron chi connectivity index (χ4n) is 2.70. The molecule has 1 aliphatic heterocycles. The van der Waals surface area contributed by atoms with Gasteiger partial charge in [0, 0.05) is 11.8 Å². The molecule has 1 aliphatic carbocycles. The molecule has 4 nitrogen and oxygen atoms in total. The van der Waals surface area contributed by atoms with Gasteiger partial charge in [0.05, 0.1) is 11.8 Å². The fraction of sp³-hybridized carbons (Fsp3) is 0.833. The van der Waals surface area contributed by atoms with Crippen LogP contribution in [0.1, 0.15) is 32.1 Å². The van der Waals surface area contributed by atoms with Gasteiger partial charge in [0.1, 0.15) is 0 Å². The molecule has 1 amide bonds. The van der Waals surface area contributed by atoms with Crippen LogP contribution in [0.5, 0.6) is 0 Å². The maximum absolute atomic E-state index is 12.1. The van der Waals surface area contributed by atoms with Gasteiger partial charge < -0.3 is 10.4 Å². The highest BCUT2D eigenvalue weighted by Crippen LogP contribution is 2.31. The van der Waals surface area contributed by atoms with Gasteiger partial charge in [-0.3, -0.25) is 9.59 Å². The van der Waals surface area contributed by atoms with Crippen LogP contribution in [0, 0.1) is 11.8 Å². The summed E-state index contributed by atoms with van der Waals surface area (Å²) in [6.45, 7) is 0. The lowest BCUT2D eigenvalue weighted by Gasteiger charge is -2.28. The van der Waals surface area contributed by atoms with Crippen molar-refractivity contribution in [3.05, 3.63) is 0 Å². The van der Waals surface area contributed by atoms with Crippen molar-refractivity contribution in [1.29, 1.82) is 0 Å². The van der Waals surface area contributed by atoms with Crippen molar-refractivity contribution < 1.29 is 14.7 Å². The summed E-state index contributed by atoms with van der Waals surface area (Å²) in [4.78, 5) is 23.2. The number of hydrogen-bond acceptors (Lipinski definition) is 3. The van der Waals surface area contributed by atoms with E-state index in [2.05, 4.69) is 5.32 Å². The first kappa shape index (κ1) is 12.7. The van der Waals surface area contributed by atoms with Gasteiger partial charge in [-0.1, -0.05) is 12.8 Å². The van der Waals surface area contributed by atoms with Gasteiger partial charge in [0.2, 0.25) is 5.91 Å². The smallest absolute Gasteiger partial charge is 0.307 e. The summed E-state index contributed by atoms with van der Waals surface area (Å²) in [7, 11) is 0. The molecule has 1 saturated heterocycles. The molecule has 0 aromatic heterocycles. The summed E-state index contributed by atoms with van der Waals surface area (Å²) in [6.07, 6.45) is 4.29. The zero-order valence-corrected chi connectivity index (χ0v) is 10.7. The fourth-order valence-corrected chi connectivity index (χ4v) is 3.85. The Labute approximate surface area is 106 Å². The molecule has 1 heterocycles. The minimum atomic E-state index is -0.814. The Bertz CT molecular complexity index is 302. The van der Waals surface area contributed by atoms with E-state index in [0.717, 1.165) is 37.2 Å². The van der Waals surface area contributed by atoms with E-state index in [0.29, 0.717) is 6.42 Å². The van der Waals surface area contributed by atoms with E-state index in [4.69, 9.17) is 5.11 Å². The van der Waals surface area contributed by atoms with Crippen molar-refractivity contribution >= 4 is 23.6 Å². The van der Waals surface area contributed by atoms with Crippen LogP contribution in [-0.2, 0) is 9.59 Å². The highest BCUT2D eigenvalue weighted by molar-refractivity contribution is 7.99. The van der Waals surface area contributed by atoms with Gasteiger partial charge in [-0.25, -0.2) is 0 Å². The van der Waals surface area contributed by atoms with Crippen LogP contribution < -0.4 is 5.32 Å². The standard InChI is InChI=1S/C12H19NO3S/c14-11(13-8-5-6-17-7-8)9-3-1-2-4-10(9)12(15)16/h8-10H,1-7H2,(H,13,14)(H,15,16)/t8?,9-,10+/m1/s1. The number of amides is 1. The Morgan fingerprint density at radius 1 is 1.12 bits per heavy atom. The van der Waals surface area contributed by atoms with Crippen LogP contribution in [0.2, 0.25) is 0 Å². The lowest BCUT2D eigenvalue weighted by molar-refractivity contribution is -0.149. The highest BCUT2D eigenvalue weighted by Gasteiger charge is 2.36. The van der Waals surface area contributed by atoms with Crippen LogP contribution in [0.3, 0.4) is 0 Å². The van der Waals surface area contributed by atoms with Crippen molar-refractivity contribution in [3.8, 4) is 0 Å². The Morgan fingerprint density at radius 2 is 1.82 bits per heavy atom. The highest BCUT2D eigenvalue weighted by atomic mass is 32.2. The maximum atomic E-state index is 12.1. The molecule has 0 aromatic rings. The Balaban J connectivity index is 1.93. The number of rotatable bonds is 3. The van der Waals surface area contributed by atoms with E-state index < -0.39 is 11.9 Å². The first-order valence-electron chi connectivity index (χ1n) is 6.29. The molecule has 2 aliphatic rings. The Kier molecular flexibility index (Phi) is 4.31. The van der Waals surface area contributed by atoms with Crippen LogP contribution in [-0.4, -0.2) is 34.5 Å². The van der Waals surface area contributed by atoms with Gasteiger partial charge >= 0.3 is 5.97 Å². The minimum absolute atomic E-state index is 0.0374. The van der Waals surface area contributed by atoms with E-state index >= 15 is 0 Å². The molecule has 2 N–H and O–H groups in total. The van der Waals surface area contributed by atoms with Crippen LogP contribution in [0.25, 0.3) is 0 Å². The average molecular weight is 257 g/mol. The van der Waals surface area contributed by atoms with Crippen molar-refractivity contribution in [3.63, 3.8) is 0 Å². The van der Waals surface area contributed by atoms with Crippen LogP contribution >= 0.6 is 11.8 Å². The monoisotopic (exact) mass is 257 g/mol. The zero-order valence-electron chi connectivity index (χ0n) is 9.85. The third-order valence-electron chi connectivity index (χ3n) is 3.70. The third-order valence-corrected chi connectivity index (χ3v) is 4.86. The molecule has 0 spiro atoms. The molecule has 0 bridgehead atoms. The predicted octanol–water partition coefficient (Wildman–Crippen LogP) is 1.50. The molecule has 2 rings (SSSR count). The van der Waals surface area contributed by atoms with E-state index in [1.165, 1.54) is 0 Å². The number of thioether (sulfide) groups is 1. The van der Waals surface area contributed by atoms with E-state index in [9.17, 15) is 9.59 Å². The molecule has 0 aromatic carbocycles. The van der Waals surface area contributed by atoms with E-state index in [-0.39, 0.29) is 17.9 Å². The molecule has 1 saturated carbocycles. The Hall–Kier alpha value is -0.710. The summed E-state index contributed by atoms with van der Waals surface area (Å²) in [5.74, 6) is 0.425. The topological polar surface area (TPSA) is 66.4 Å². The second-order valence-electron chi connectivity index (χ2n) is 4.90. The summed E-state index contributed by atoms with van der Waals surface area (Å²) in [5.41, 5.74) is 0. The summed E-state index contributed by atoms with van der Waals surface area (Å²) in [5, 5.41) is 12.1. The summed E-state index contributed by atoms with van der Waals surface area (Å²) in [6, 6.07) is 0.254. The number of nitrogens with one attached hydrogen (secondary N) is 1. The normalized spacial score (nSPS) is 33.3. The molecule has 96 valence electrons. The quantitative estimate of drug-likeness (QED) is 0.804.